The van der Waals surface area contributed by atoms with E-state index in [0.717, 1.165) is 24.2 Å². The lowest BCUT2D eigenvalue weighted by Gasteiger charge is -2.37. The van der Waals surface area contributed by atoms with Crippen molar-refractivity contribution in [3.8, 4) is 33.4 Å². The molecule has 0 amide bonds. The molecule has 1 heteroatoms. The minimum Gasteiger partial charge on any atom is -0.310 e. The van der Waals surface area contributed by atoms with E-state index >= 15 is 0 Å². The van der Waals surface area contributed by atoms with Crippen LogP contribution in [0.4, 0.5) is 17.1 Å². The van der Waals surface area contributed by atoms with Crippen molar-refractivity contribution in [3.63, 3.8) is 0 Å². The molecule has 256 valence electrons. The van der Waals surface area contributed by atoms with Crippen LogP contribution in [0.15, 0.2) is 218 Å². The fraction of sp³-hybridized carbons (Fsp3) is 0.0566. The first-order valence-corrected chi connectivity index (χ1v) is 19.0. The lowest BCUT2D eigenvalue weighted by atomic mass is 9.65. The molecule has 0 aromatic heterocycles. The Kier molecular flexibility index (Phi) is 7.92. The Morgan fingerprint density at radius 2 is 1.11 bits per heavy atom. The Morgan fingerprint density at radius 3 is 1.94 bits per heavy atom. The van der Waals surface area contributed by atoms with Crippen LogP contribution >= 0.6 is 0 Å². The van der Waals surface area contributed by atoms with E-state index in [2.05, 4.69) is 217 Å². The topological polar surface area (TPSA) is 3.24 Å². The predicted molar refractivity (Wildman–Crippen MR) is 228 cm³/mol. The number of fused-ring (bicyclic) bond motifs is 4. The van der Waals surface area contributed by atoms with E-state index in [1.807, 2.05) is 0 Å². The molecule has 8 aromatic carbocycles. The third kappa shape index (κ3) is 5.16. The molecular weight excluding hydrogens is 651 g/mol. The molecule has 1 nitrogen and oxygen atoms in total. The maximum absolute atomic E-state index is 2.48. The van der Waals surface area contributed by atoms with Gasteiger partial charge in [-0.05, 0) is 98.5 Å². The smallest absolute Gasteiger partial charge is 0.0677 e. The van der Waals surface area contributed by atoms with Gasteiger partial charge in [-0.15, -0.1) is 0 Å². The number of hydrogen-bond acceptors (Lipinski definition) is 1. The molecule has 2 aliphatic rings. The summed E-state index contributed by atoms with van der Waals surface area (Å²) in [5, 5.41) is 2.50. The average Bonchev–Trinajstić information content (AvgIpc) is 3.56. The Bertz CT molecular complexity index is 2700. The zero-order valence-corrected chi connectivity index (χ0v) is 30.1. The maximum atomic E-state index is 2.48. The Balaban J connectivity index is 1.23. The molecule has 1 unspecified atom stereocenters. The standard InChI is InChI=1S/C53H39N/c1-4-17-38(18-5-1)39-33-35-44(36-34-39)54(45-26-14-21-41(37-45)47-29-15-20-40-19-10-11-27-46(40)47)51-32-16-31-50-52(51)48-28-12-13-30-49(48)53(50,42-22-6-2-7-23-42)43-24-8-3-9-25-43/h1-8,10-24,26-37H,9,25H2. The fourth-order valence-electron chi connectivity index (χ4n) is 9.09. The molecule has 10 rings (SSSR count). The van der Waals surface area contributed by atoms with Crippen LogP contribution < -0.4 is 4.90 Å². The van der Waals surface area contributed by atoms with Crippen molar-refractivity contribution in [1.82, 2.24) is 0 Å². The van der Waals surface area contributed by atoms with E-state index < -0.39 is 5.41 Å². The van der Waals surface area contributed by atoms with Gasteiger partial charge in [-0.2, -0.15) is 0 Å². The zero-order chi connectivity index (χ0) is 35.9. The minimum absolute atomic E-state index is 0.401. The van der Waals surface area contributed by atoms with Crippen LogP contribution in [0.5, 0.6) is 0 Å². The number of rotatable bonds is 7. The quantitative estimate of drug-likeness (QED) is 0.161. The number of anilines is 3. The van der Waals surface area contributed by atoms with Crippen molar-refractivity contribution < 1.29 is 0 Å². The van der Waals surface area contributed by atoms with Crippen LogP contribution in [-0.2, 0) is 5.41 Å². The summed E-state index contributed by atoms with van der Waals surface area (Å²) in [4.78, 5) is 2.48. The van der Waals surface area contributed by atoms with Crippen LogP contribution in [-0.4, -0.2) is 0 Å². The summed E-state index contributed by atoms with van der Waals surface area (Å²) in [7, 11) is 0. The molecule has 0 heterocycles. The average molecular weight is 690 g/mol. The van der Waals surface area contributed by atoms with Gasteiger partial charge in [0.15, 0.2) is 0 Å². The first kappa shape index (κ1) is 32.0. The van der Waals surface area contributed by atoms with Crippen molar-refractivity contribution in [2.75, 3.05) is 4.90 Å². The Labute approximate surface area is 317 Å². The maximum Gasteiger partial charge on any atom is 0.0677 e. The molecule has 0 fully saturated rings. The lowest BCUT2D eigenvalue weighted by Crippen LogP contribution is -2.30. The van der Waals surface area contributed by atoms with E-state index in [9.17, 15) is 0 Å². The van der Waals surface area contributed by atoms with Crippen molar-refractivity contribution in [2.24, 2.45) is 0 Å². The van der Waals surface area contributed by atoms with Gasteiger partial charge in [-0.1, -0.05) is 188 Å². The van der Waals surface area contributed by atoms with Gasteiger partial charge in [0, 0.05) is 16.9 Å². The Morgan fingerprint density at radius 1 is 0.463 bits per heavy atom. The molecule has 0 radical (unpaired) electrons. The third-order valence-electron chi connectivity index (χ3n) is 11.4. The molecule has 8 aromatic rings. The van der Waals surface area contributed by atoms with Gasteiger partial charge in [0.25, 0.3) is 0 Å². The first-order valence-electron chi connectivity index (χ1n) is 19.0. The SMILES string of the molecule is C1=CCCC(C2(c3ccccc3)c3ccccc3-c3c(N(c4ccc(-c5ccccc5)cc4)c4cccc(-c5cccc6ccccc56)c4)cccc32)=C1. The summed E-state index contributed by atoms with van der Waals surface area (Å²) < 4.78 is 0. The largest absolute Gasteiger partial charge is 0.310 e. The van der Waals surface area contributed by atoms with E-state index in [-0.39, 0.29) is 0 Å². The molecule has 1 atom stereocenters. The highest BCUT2D eigenvalue weighted by molar-refractivity contribution is 6.00. The summed E-state index contributed by atoms with van der Waals surface area (Å²) in [6, 6.07) is 71.4. The highest BCUT2D eigenvalue weighted by atomic mass is 15.1. The van der Waals surface area contributed by atoms with E-state index in [4.69, 9.17) is 0 Å². The zero-order valence-electron chi connectivity index (χ0n) is 30.1. The van der Waals surface area contributed by atoms with Crippen molar-refractivity contribution in [1.29, 1.82) is 0 Å². The van der Waals surface area contributed by atoms with Gasteiger partial charge in [-0.3, -0.25) is 0 Å². The van der Waals surface area contributed by atoms with Gasteiger partial charge in [0.2, 0.25) is 0 Å². The van der Waals surface area contributed by atoms with Gasteiger partial charge in [0.05, 0.1) is 11.1 Å². The van der Waals surface area contributed by atoms with E-state index in [1.165, 1.54) is 72.1 Å². The van der Waals surface area contributed by atoms with Crippen LogP contribution in [0.25, 0.3) is 44.2 Å². The Hall–Kier alpha value is -6.70. The number of allylic oxidation sites excluding steroid dienone is 4. The lowest BCUT2D eigenvalue weighted by molar-refractivity contribution is 0.693. The number of hydrogen-bond donors (Lipinski definition) is 0. The van der Waals surface area contributed by atoms with Crippen molar-refractivity contribution in [2.45, 2.75) is 18.3 Å². The number of nitrogens with zero attached hydrogens (tertiary/aromatic N) is 1. The monoisotopic (exact) mass is 689 g/mol. The summed E-state index contributed by atoms with van der Waals surface area (Å²) in [5.41, 5.74) is 15.9. The highest BCUT2D eigenvalue weighted by Gasteiger charge is 2.48. The summed E-state index contributed by atoms with van der Waals surface area (Å²) >= 11 is 0. The van der Waals surface area contributed by atoms with Crippen LogP contribution in [0.3, 0.4) is 0 Å². The van der Waals surface area contributed by atoms with Gasteiger partial charge < -0.3 is 4.90 Å². The summed E-state index contributed by atoms with van der Waals surface area (Å²) in [6.45, 7) is 0. The second-order valence-corrected chi connectivity index (χ2v) is 14.3. The molecular formula is C53H39N. The molecule has 54 heavy (non-hydrogen) atoms. The minimum atomic E-state index is -0.401. The predicted octanol–water partition coefficient (Wildman–Crippen LogP) is 14.2. The highest BCUT2D eigenvalue weighted by Crippen LogP contribution is 2.60. The second-order valence-electron chi connectivity index (χ2n) is 14.3. The van der Waals surface area contributed by atoms with Gasteiger partial charge >= 0.3 is 0 Å². The normalized spacial score (nSPS) is 15.7. The second kappa shape index (κ2) is 13.4. The van der Waals surface area contributed by atoms with Crippen LogP contribution in [0.2, 0.25) is 0 Å². The molecule has 0 bridgehead atoms. The fourth-order valence-corrected chi connectivity index (χ4v) is 9.09. The molecule has 0 aliphatic heterocycles. The number of benzene rings is 8. The molecule has 0 N–H and O–H groups in total. The van der Waals surface area contributed by atoms with Crippen LogP contribution in [0.1, 0.15) is 29.5 Å². The van der Waals surface area contributed by atoms with Gasteiger partial charge in [-0.25, -0.2) is 0 Å². The molecule has 0 saturated carbocycles. The molecule has 0 saturated heterocycles. The van der Waals surface area contributed by atoms with E-state index in [1.54, 1.807) is 0 Å². The molecule has 2 aliphatic carbocycles. The molecule has 0 spiro atoms. The van der Waals surface area contributed by atoms with Gasteiger partial charge in [0.1, 0.15) is 0 Å². The van der Waals surface area contributed by atoms with E-state index in [0.29, 0.717) is 0 Å². The van der Waals surface area contributed by atoms with Crippen molar-refractivity contribution >= 4 is 27.8 Å². The first-order chi connectivity index (χ1) is 26.8. The van der Waals surface area contributed by atoms with Crippen LogP contribution in [0, 0.1) is 0 Å². The third-order valence-corrected chi connectivity index (χ3v) is 11.4. The summed E-state index contributed by atoms with van der Waals surface area (Å²) in [6.07, 6.45) is 8.99. The van der Waals surface area contributed by atoms with Crippen molar-refractivity contribution in [3.05, 3.63) is 235 Å². The summed E-state index contributed by atoms with van der Waals surface area (Å²) in [5.74, 6) is 0.